The zero-order valence-electron chi connectivity index (χ0n) is 10.7. The first kappa shape index (κ1) is 12.6. The van der Waals surface area contributed by atoms with E-state index >= 15 is 0 Å². The van der Waals surface area contributed by atoms with Gasteiger partial charge in [0.05, 0.1) is 6.10 Å². The molecule has 0 saturated carbocycles. The van der Waals surface area contributed by atoms with Gasteiger partial charge >= 0.3 is 0 Å². The summed E-state index contributed by atoms with van der Waals surface area (Å²) in [5.74, 6) is 1.59. The van der Waals surface area contributed by atoms with E-state index in [0.717, 1.165) is 17.9 Å². The molecule has 1 aromatic carbocycles. The van der Waals surface area contributed by atoms with Gasteiger partial charge in [0.25, 0.3) is 0 Å². The molecule has 1 heterocycles. The Labute approximate surface area is 107 Å². The molecule has 0 aliphatic carbocycles. The Kier molecular flexibility index (Phi) is 3.99. The fourth-order valence-electron chi connectivity index (χ4n) is 1.87. The van der Waals surface area contributed by atoms with Crippen molar-refractivity contribution in [3.05, 3.63) is 48.0 Å². The average Bonchev–Trinajstić information content (AvgIpc) is 2.84. The number of ether oxygens (including phenoxy) is 1. The standard InChI is InChI=1S/C14H18N2O2/c1-3-16-9-8-15-14(16)10-18-13-7-5-4-6-12(13)11(2)17/h4-9,11,17H,3,10H2,1-2H3/t11-/m0/s1. The normalized spacial score (nSPS) is 12.4. The predicted molar refractivity (Wildman–Crippen MR) is 69.3 cm³/mol. The van der Waals surface area contributed by atoms with E-state index < -0.39 is 6.10 Å². The monoisotopic (exact) mass is 246 g/mol. The molecule has 0 bridgehead atoms. The molecular weight excluding hydrogens is 228 g/mol. The van der Waals surface area contributed by atoms with Gasteiger partial charge in [0.15, 0.2) is 0 Å². The molecular formula is C14H18N2O2. The second-order valence-electron chi connectivity index (χ2n) is 4.13. The third kappa shape index (κ3) is 2.71. The van der Waals surface area contributed by atoms with Crippen molar-refractivity contribution >= 4 is 0 Å². The maximum Gasteiger partial charge on any atom is 0.146 e. The summed E-state index contributed by atoms with van der Waals surface area (Å²) in [4.78, 5) is 4.25. The topological polar surface area (TPSA) is 47.3 Å². The van der Waals surface area contributed by atoms with E-state index in [1.165, 1.54) is 0 Å². The highest BCUT2D eigenvalue weighted by molar-refractivity contribution is 5.34. The van der Waals surface area contributed by atoms with Crippen molar-refractivity contribution < 1.29 is 9.84 Å². The molecule has 1 N–H and O–H groups in total. The number of imidazole rings is 1. The molecule has 0 radical (unpaired) electrons. The molecule has 2 aromatic rings. The maximum atomic E-state index is 9.66. The summed E-state index contributed by atoms with van der Waals surface area (Å²) in [7, 11) is 0. The number of aryl methyl sites for hydroxylation is 1. The highest BCUT2D eigenvalue weighted by Gasteiger charge is 2.09. The van der Waals surface area contributed by atoms with Crippen molar-refractivity contribution in [2.45, 2.75) is 33.1 Å². The lowest BCUT2D eigenvalue weighted by atomic mass is 10.1. The first-order valence-electron chi connectivity index (χ1n) is 6.12. The lowest BCUT2D eigenvalue weighted by Gasteiger charge is -2.13. The minimum absolute atomic E-state index is 0.407. The SMILES string of the molecule is CCn1ccnc1COc1ccccc1[C@H](C)O. The third-order valence-corrected chi connectivity index (χ3v) is 2.87. The predicted octanol–water partition coefficient (Wildman–Crippen LogP) is 2.54. The smallest absolute Gasteiger partial charge is 0.146 e. The van der Waals surface area contributed by atoms with Gasteiger partial charge in [-0.3, -0.25) is 0 Å². The molecule has 0 fully saturated rings. The average molecular weight is 246 g/mol. The van der Waals surface area contributed by atoms with Gasteiger partial charge in [-0.15, -0.1) is 0 Å². The van der Waals surface area contributed by atoms with Crippen LogP contribution in [0, 0.1) is 0 Å². The van der Waals surface area contributed by atoms with Gasteiger partial charge in [-0.2, -0.15) is 0 Å². The zero-order valence-corrected chi connectivity index (χ0v) is 10.7. The molecule has 0 spiro atoms. The number of hydrogen-bond acceptors (Lipinski definition) is 3. The fraction of sp³-hybridized carbons (Fsp3) is 0.357. The van der Waals surface area contributed by atoms with Crippen molar-refractivity contribution in [1.29, 1.82) is 0 Å². The number of para-hydroxylation sites is 1. The van der Waals surface area contributed by atoms with Crippen LogP contribution in [0.2, 0.25) is 0 Å². The number of rotatable bonds is 5. The van der Waals surface area contributed by atoms with Gasteiger partial charge in [-0.25, -0.2) is 4.98 Å². The van der Waals surface area contributed by atoms with E-state index in [9.17, 15) is 5.11 Å². The summed E-state index contributed by atoms with van der Waals surface area (Å²) >= 11 is 0. The van der Waals surface area contributed by atoms with Gasteiger partial charge in [0.2, 0.25) is 0 Å². The molecule has 4 nitrogen and oxygen atoms in total. The maximum absolute atomic E-state index is 9.66. The summed E-state index contributed by atoms with van der Waals surface area (Å²) in [6, 6.07) is 7.52. The van der Waals surface area contributed by atoms with E-state index in [2.05, 4.69) is 11.9 Å². The molecule has 0 aliphatic heterocycles. The van der Waals surface area contributed by atoms with Gasteiger partial charge in [0.1, 0.15) is 18.2 Å². The van der Waals surface area contributed by atoms with Crippen LogP contribution >= 0.6 is 0 Å². The van der Waals surface area contributed by atoms with Gasteiger partial charge in [0, 0.05) is 24.5 Å². The van der Waals surface area contributed by atoms with Crippen molar-refractivity contribution in [1.82, 2.24) is 9.55 Å². The van der Waals surface area contributed by atoms with E-state index in [1.54, 1.807) is 13.1 Å². The summed E-state index contributed by atoms with van der Waals surface area (Å²) < 4.78 is 7.77. The molecule has 0 unspecified atom stereocenters. The van der Waals surface area contributed by atoms with Gasteiger partial charge in [-0.05, 0) is 19.9 Å². The van der Waals surface area contributed by atoms with Crippen molar-refractivity contribution in [2.75, 3.05) is 0 Å². The number of nitrogens with zero attached hydrogens (tertiary/aromatic N) is 2. The summed E-state index contributed by atoms with van der Waals surface area (Å²) in [5, 5.41) is 9.66. The summed E-state index contributed by atoms with van der Waals surface area (Å²) in [5.41, 5.74) is 0.798. The number of aliphatic hydroxyl groups is 1. The quantitative estimate of drug-likeness (QED) is 0.882. The minimum atomic E-state index is -0.535. The summed E-state index contributed by atoms with van der Waals surface area (Å²) in [6.07, 6.45) is 3.16. The molecule has 0 aliphatic rings. The van der Waals surface area contributed by atoms with Crippen molar-refractivity contribution in [3.8, 4) is 5.75 Å². The van der Waals surface area contributed by atoms with Crippen LogP contribution in [-0.4, -0.2) is 14.7 Å². The Balaban J connectivity index is 2.11. The minimum Gasteiger partial charge on any atom is -0.485 e. The van der Waals surface area contributed by atoms with Crippen LogP contribution in [0.15, 0.2) is 36.7 Å². The van der Waals surface area contributed by atoms with Crippen LogP contribution in [0.5, 0.6) is 5.75 Å². The van der Waals surface area contributed by atoms with Crippen LogP contribution in [0.3, 0.4) is 0 Å². The highest BCUT2D eigenvalue weighted by Crippen LogP contribution is 2.25. The lowest BCUT2D eigenvalue weighted by molar-refractivity contribution is 0.189. The molecule has 2 rings (SSSR count). The number of aromatic nitrogens is 2. The first-order valence-corrected chi connectivity index (χ1v) is 6.12. The molecule has 1 aromatic heterocycles. The van der Waals surface area contributed by atoms with E-state index in [4.69, 9.17) is 4.74 Å². The Bertz CT molecular complexity index is 506. The second-order valence-corrected chi connectivity index (χ2v) is 4.13. The second kappa shape index (κ2) is 5.69. The molecule has 96 valence electrons. The number of benzene rings is 1. The first-order chi connectivity index (χ1) is 8.72. The molecule has 0 amide bonds. The van der Waals surface area contributed by atoms with Gasteiger partial charge < -0.3 is 14.4 Å². The van der Waals surface area contributed by atoms with Crippen LogP contribution < -0.4 is 4.74 Å². The van der Waals surface area contributed by atoms with E-state index in [1.807, 2.05) is 35.0 Å². The highest BCUT2D eigenvalue weighted by atomic mass is 16.5. The van der Waals surface area contributed by atoms with E-state index in [-0.39, 0.29) is 0 Å². The summed E-state index contributed by atoms with van der Waals surface area (Å²) in [6.45, 7) is 5.07. The van der Waals surface area contributed by atoms with Gasteiger partial charge in [-0.1, -0.05) is 18.2 Å². The molecule has 4 heteroatoms. The lowest BCUT2D eigenvalue weighted by Crippen LogP contribution is -2.07. The van der Waals surface area contributed by atoms with Crippen molar-refractivity contribution in [2.24, 2.45) is 0 Å². The Hall–Kier alpha value is -1.81. The number of hydrogen-bond donors (Lipinski definition) is 1. The molecule has 18 heavy (non-hydrogen) atoms. The molecule has 1 atom stereocenters. The Morgan fingerprint density at radius 3 is 2.89 bits per heavy atom. The van der Waals surface area contributed by atoms with Crippen LogP contribution in [-0.2, 0) is 13.2 Å². The van der Waals surface area contributed by atoms with Crippen LogP contribution in [0.1, 0.15) is 31.3 Å². The van der Waals surface area contributed by atoms with Crippen molar-refractivity contribution in [3.63, 3.8) is 0 Å². The van der Waals surface area contributed by atoms with Crippen LogP contribution in [0.4, 0.5) is 0 Å². The molecule has 0 saturated heterocycles. The Morgan fingerprint density at radius 1 is 1.39 bits per heavy atom. The largest absolute Gasteiger partial charge is 0.485 e. The third-order valence-electron chi connectivity index (χ3n) is 2.87. The van der Waals surface area contributed by atoms with Crippen LogP contribution in [0.25, 0.3) is 0 Å². The van der Waals surface area contributed by atoms with E-state index in [0.29, 0.717) is 12.4 Å². The number of aliphatic hydroxyl groups excluding tert-OH is 1. The fourth-order valence-corrected chi connectivity index (χ4v) is 1.87. The Morgan fingerprint density at radius 2 is 2.17 bits per heavy atom. The zero-order chi connectivity index (χ0) is 13.0.